The Morgan fingerprint density at radius 2 is 2.06 bits per heavy atom. The van der Waals surface area contributed by atoms with Gasteiger partial charge in [0.05, 0.1) is 24.4 Å². The fourth-order valence-corrected chi connectivity index (χ4v) is 1.76. The number of carbonyl (C=O) groups is 2. The monoisotopic (exact) mass is 232 g/mol. The van der Waals surface area contributed by atoms with E-state index < -0.39 is 0 Å². The van der Waals surface area contributed by atoms with E-state index in [4.69, 9.17) is 0 Å². The van der Waals surface area contributed by atoms with E-state index in [2.05, 4.69) is 9.84 Å². The molecule has 0 aliphatic carbocycles. The molecule has 2 aromatic rings. The second-order valence-electron chi connectivity index (χ2n) is 3.79. The molecule has 1 aromatic carbocycles. The lowest BCUT2D eigenvalue weighted by molar-refractivity contribution is 0.0600. The molecule has 0 spiro atoms. The standard InChI is InChI=1S/C12H12N2O3/c1-7-4-11-9(5-10(7)12(16)17-3)6-13-14(11)8(2)15/h4-6H,1-3H3. The predicted octanol–water partition coefficient (Wildman–Crippen LogP) is 1.79. The van der Waals surface area contributed by atoms with E-state index in [0.29, 0.717) is 11.1 Å². The number of ether oxygens (including phenoxy) is 1. The minimum atomic E-state index is -0.389. The van der Waals surface area contributed by atoms with Gasteiger partial charge in [-0.2, -0.15) is 5.10 Å². The van der Waals surface area contributed by atoms with Crippen molar-refractivity contribution >= 4 is 22.8 Å². The third kappa shape index (κ3) is 1.80. The average Bonchev–Trinajstić information content (AvgIpc) is 2.69. The fraction of sp³-hybridized carbons (Fsp3) is 0.250. The topological polar surface area (TPSA) is 61.2 Å². The molecule has 0 atom stereocenters. The summed E-state index contributed by atoms with van der Waals surface area (Å²) in [5.74, 6) is -0.551. The van der Waals surface area contributed by atoms with Gasteiger partial charge in [-0.15, -0.1) is 0 Å². The molecule has 1 heterocycles. The average molecular weight is 232 g/mol. The number of rotatable bonds is 1. The van der Waals surface area contributed by atoms with E-state index in [1.807, 2.05) is 0 Å². The summed E-state index contributed by atoms with van der Waals surface area (Å²) in [4.78, 5) is 22.8. The molecule has 0 fully saturated rings. The first-order valence-electron chi connectivity index (χ1n) is 5.12. The second kappa shape index (κ2) is 4.01. The normalized spacial score (nSPS) is 10.5. The molecule has 5 nitrogen and oxygen atoms in total. The molecule has 17 heavy (non-hydrogen) atoms. The number of carbonyl (C=O) groups excluding carboxylic acids is 2. The first-order valence-corrected chi connectivity index (χ1v) is 5.12. The summed E-state index contributed by atoms with van der Waals surface area (Å²) in [5, 5.41) is 4.72. The highest BCUT2D eigenvalue weighted by Gasteiger charge is 2.13. The van der Waals surface area contributed by atoms with Crippen LogP contribution in [0.2, 0.25) is 0 Å². The van der Waals surface area contributed by atoms with Crippen LogP contribution in [0.5, 0.6) is 0 Å². The Hall–Kier alpha value is -2.17. The Balaban J connectivity index is 2.68. The summed E-state index contributed by atoms with van der Waals surface area (Å²) < 4.78 is 6.00. The van der Waals surface area contributed by atoms with E-state index in [1.165, 1.54) is 18.7 Å². The van der Waals surface area contributed by atoms with Crippen molar-refractivity contribution in [3.63, 3.8) is 0 Å². The molecule has 0 amide bonds. The number of hydrogen-bond donors (Lipinski definition) is 0. The number of aromatic nitrogens is 2. The maximum Gasteiger partial charge on any atom is 0.338 e. The van der Waals surface area contributed by atoms with Gasteiger partial charge in [-0.3, -0.25) is 4.79 Å². The zero-order chi connectivity index (χ0) is 12.6. The molecule has 0 aliphatic rings. The molecule has 0 N–H and O–H groups in total. The van der Waals surface area contributed by atoms with Gasteiger partial charge in [0.2, 0.25) is 5.91 Å². The minimum absolute atomic E-state index is 0.162. The largest absolute Gasteiger partial charge is 0.465 e. The number of hydrogen-bond acceptors (Lipinski definition) is 4. The summed E-state index contributed by atoms with van der Waals surface area (Å²) in [7, 11) is 1.34. The zero-order valence-electron chi connectivity index (χ0n) is 9.85. The van der Waals surface area contributed by atoms with Crippen molar-refractivity contribution in [1.29, 1.82) is 0 Å². The van der Waals surface area contributed by atoms with Crippen molar-refractivity contribution in [2.75, 3.05) is 7.11 Å². The van der Waals surface area contributed by atoms with Crippen LogP contribution in [-0.2, 0) is 4.74 Å². The Bertz CT molecular complexity index is 613. The lowest BCUT2D eigenvalue weighted by Gasteiger charge is -2.04. The van der Waals surface area contributed by atoms with Gasteiger partial charge >= 0.3 is 5.97 Å². The lowest BCUT2D eigenvalue weighted by atomic mass is 10.1. The summed E-state index contributed by atoms with van der Waals surface area (Å²) >= 11 is 0. The molecule has 88 valence electrons. The van der Waals surface area contributed by atoms with Gasteiger partial charge in [-0.25, -0.2) is 9.48 Å². The highest BCUT2D eigenvalue weighted by Crippen LogP contribution is 2.20. The van der Waals surface area contributed by atoms with Crippen LogP contribution in [0, 0.1) is 6.92 Å². The SMILES string of the molecule is COC(=O)c1cc2cnn(C(C)=O)c2cc1C. The summed E-state index contributed by atoms with van der Waals surface area (Å²) in [5.41, 5.74) is 1.94. The molecule has 2 rings (SSSR count). The van der Waals surface area contributed by atoms with E-state index in [1.54, 1.807) is 25.3 Å². The molecular weight excluding hydrogens is 220 g/mol. The van der Waals surface area contributed by atoms with Gasteiger partial charge in [-0.05, 0) is 24.6 Å². The summed E-state index contributed by atoms with van der Waals surface area (Å²) in [6.07, 6.45) is 1.56. The molecular formula is C12H12N2O3. The number of methoxy groups -OCH3 is 1. The van der Waals surface area contributed by atoms with Crippen molar-refractivity contribution in [3.05, 3.63) is 29.5 Å². The van der Waals surface area contributed by atoms with Crippen molar-refractivity contribution in [2.24, 2.45) is 0 Å². The van der Waals surface area contributed by atoms with Crippen LogP contribution in [0.3, 0.4) is 0 Å². The minimum Gasteiger partial charge on any atom is -0.465 e. The van der Waals surface area contributed by atoms with E-state index >= 15 is 0 Å². The third-order valence-corrected chi connectivity index (χ3v) is 2.62. The van der Waals surface area contributed by atoms with Crippen LogP contribution in [0.25, 0.3) is 10.9 Å². The first-order chi connectivity index (χ1) is 8.04. The van der Waals surface area contributed by atoms with Crippen LogP contribution < -0.4 is 0 Å². The lowest BCUT2D eigenvalue weighted by Crippen LogP contribution is -2.08. The summed E-state index contributed by atoms with van der Waals surface area (Å²) in [6.45, 7) is 3.24. The maximum atomic E-state index is 11.5. The number of benzene rings is 1. The Labute approximate surface area is 98.0 Å². The van der Waals surface area contributed by atoms with E-state index in [0.717, 1.165) is 10.9 Å². The number of fused-ring (bicyclic) bond motifs is 1. The smallest absolute Gasteiger partial charge is 0.338 e. The van der Waals surface area contributed by atoms with E-state index in [-0.39, 0.29) is 11.9 Å². The van der Waals surface area contributed by atoms with Crippen LogP contribution in [0.15, 0.2) is 18.3 Å². The fourth-order valence-electron chi connectivity index (χ4n) is 1.76. The van der Waals surface area contributed by atoms with Crippen molar-refractivity contribution in [2.45, 2.75) is 13.8 Å². The maximum absolute atomic E-state index is 11.5. The van der Waals surface area contributed by atoms with E-state index in [9.17, 15) is 9.59 Å². The highest BCUT2D eigenvalue weighted by molar-refractivity contribution is 5.98. The molecule has 0 radical (unpaired) electrons. The van der Waals surface area contributed by atoms with Gasteiger partial charge in [-0.1, -0.05) is 0 Å². The van der Waals surface area contributed by atoms with Crippen molar-refractivity contribution in [1.82, 2.24) is 9.78 Å². The Morgan fingerprint density at radius 3 is 2.65 bits per heavy atom. The molecule has 0 saturated carbocycles. The van der Waals surface area contributed by atoms with Crippen LogP contribution in [-0.4, -0.2) is 28.8 Å². The van der Waals surface area contributed by atoms with Gasteiger partial charge < -0.3 is 4.74 Å². The van der Waals surface area contributed by atoms with Crippen molar-refractivity contribution in [3.8, 4) is 0 Å². The van der Waals surface area contributed by atoms with Gasteiger partial charge in [0.1, 0.15) is 0 Å². The Kier molecular flexibility index (Phi) is 2.67. The molecule has 0 saturated heterocycles. The van der Waals surface area contributed by atoms with Crippen LogP contribution >= 0.6 is 0 Å². The number of nitrogens with zero attached hydrogens (tertiary/aromatic N) is 2. The second-order valence-corrected chi connectivity index (χ2v) is 3.79. The highest BCUT2D eigenvalue weighted by atomic mass is 16.5. The first kappa shape index (κ1) is 11.3. The third-order valence-electron chi connectivity index (χ3n) is 2.62. The molecule has 0 unspecified atom stereocenters. The predicted molar refractivity (Wildman–Crippen MR) is 62.1 cm³/mol. The van der Waals surface area contributed by atoms with Gasteiger partial charge in [0.15, 0.2) is 0 Å². The molecule has 1 aromatic heterocycles. The van der Waals surface area contributed by atoms with Gasteiger partial charge in [0, 0.05) is 12.3 Å². The van der Waals surface area contributed by atoms with Crippen LogP contribution in [0.1, 0.15) is 27.6 Å². The van der Waals surface area contributed by atoms with Crippen molar-refractivity contribution < 1.29 is 14.3 Å². The Morgan fingerprint density at radius 1 is 1.35 bits per heavy atom. The number of esters is 1. The van der Waals surface area contributed by atoms with Crippen LogP contribution in [0.4, 0.5) is 0 Å². The molecule has 0 bridgehead atoms. The summed E-state index contributed by atoms with van der Waals surface area (Å²) in [6, 6.07) is 3.44. The molecule has 5 heteroatoms. The number of aryl methyl sites for hydroxylation is 1. The van der Waals surface area contributed by atoms with Gasteiger partial charge in [0.25, 0.3) is 0 Å². The molecule has 0 aliphatic heterocycles. The zero-order valence-corrected chi connectivity index (χ0v) is 9.85. The quantitative estimate of drug-likeness (QED) is 0.703.